The first kappa shape index (κ1) is 17.0. The highest BCUT2D eigenvalue weighted by Gasteiger charge is 2.20. The number of rotatable bonds is 7. The van der Waals surface area contributed by atoms with Gasteiger partial charge in [0.1, 0.15) is 0 Å². The van der Waals surface area contributed by atoms with E-state index in [1.54, 1.807) is 0 Å². The molecule has 1 rings (SSSR count). The summed E-state index contributed by atoms with van der Waals surface area (Å²) in [5.41, 5.74) is 0. The van der Waals surface area contributed by atoms with Crippen LogP contribution in [0, 0.1) is 11.8 Å². The van der Waals surface area contributed by atoms with Gasteiger partial charge in [-0.25, -0.2) is 0 Å². The molecule has 0 heterocycles. The zero-order valence-electron chi connectivity index (χ0n) is 13.9. The van der Waals surface area contributed by atoms with Gasteiger partial charge in [0.15, 0.2) is 0 Å². The number of nitrogens with one attached hydrogen (secondary N) is 1. The molecule has 0 aliphatic heterocycles. The Hall–Kier alpha value is -0.0800. The zero-order chi connectivity index (χ0) is 14.3. The highest BCUT2D eigenvalue weighted by Crippen LogP contribution is 2.28. The standard InChI is InChI=1S/C17H36N2/c1-6-15(4)19(5)13-12-18-17-9-7-8-16(10-11-17)14(2)3/h14-18H,6-13H2,1-5H3. The molecule has 3 unspecified atom stereocenters. The van der Waals surface area contributed by atoms with Gasteiger partial charge in [0.25, 0.3) is 0 Å². The van der Waals surface area contributed by atoms with Gasteiger partial charge in [0, 0.05) is 25.2 Å². The molecule has 0 aromatic carbocycles. The summed E-state index contributed by atoms with van der Waals surface area (Å²) in [5, 5.41) is 3.79. The molecule has 1 N–H and O–H groups in total. The maximum atomic E-state index is 3.79. The molecule has 0 aromatic rings. The lowest BCUT2D eigenvalue weighted by Gasteiger charge is -2.25. The smallest absolute Gasteiger partial charge is 0.0107 e. The molecular formula is C17H36N2. The first-order valence-electron chi connectivity index (χ1n) is 8.48. The van der Waals surface area contributed by atoms with Gasteiger partial charge in [0.2, 0.25) is 0 Å². The quantitative estimate of drug-likeness (QED) is 0.704. The molecule has 0 aromatic heterocycles. The van der Waals surface area contributed by atoms with Crippen LogP contribution in [-0.4, -0.2) is 37.1 Å². The Morgan fingerprint density at radius 2 is 1.84 bits per heavy atom. The Labute approximate surface area is 121 Å². The molecule has 0 amide bonds. The predicted molar refractivity (Wildman–Crippen MR) is 85.6 cm³/mol. The molecule has 1 aliphatic rings. The largest absolute Gasteiger partial charge is 0.313 e. The van der Waals surface area contributed by atoms with E-state index in [9.17, 15) is 0 Å². The molecule has 0 bridgehead atoms. The Morgan fingerprint density at radius 3 is 2.47 bits per heavy atom. The van der Waals surface area contributed by atoms with Crippen LogP contribution >= 0.6 is 0 Å². The van der Waals surface area contributed by atoms with E-state index in [1.165, 1.54) is 45.1 Å². The molecule has 2 heteroatoms. The van der Waals surface area contributed by atoms with Gasteiger partial charge in [-0.2, -0.15) is 0 Å². The fourth-order valence-corrected chi connectivity index (χ4v) is 3.18. The van der Waals surface area contributed by atoms with Crippen molar-refractivity contribution in [2.45, 2.75) is 78.3 Å². The van der Waals surface area contributed by atoms with Crippen LogP contribution in [-0.2, 0) is 0 Å². The van der Waals surface area contributed by atoms with E-state index < -0.39 is 0 Å². The molecule has 1 saturated carbocycles. The van der Waals surface area contributed by atoms with E-state index in [4.69, 9.17) is 0 Å². The lowest BCUT2D eigenvalue weighted by Crippen LogP contribution is -2.38. The monoisotopic (exact) mass is 268 g/mol. The third-order valence-electron chi connectivity index (χ3n) is 5.20. The summed E-state index contributed by atoms with van der Waals surface area (Å²) in [6, 6.07) is 1.48. The van der Waals surface area contributed by atoms with Crippen LogP contribution in [0.1, 0.15) is 66.2 Å². The van der Waals surface area contributed by atoms with E-state index in [0.29, 0.717) is 6.04 Å². The van der Waals surface area contributed by atoms with E-state index >= 15 is 0 Å². The van der Waals surface area contributed by atoms with Gasteiger partial charge in [0.05, 0.1) is 0 Å². The summed E-state index contributed by atoms with van der Waals surface area (Å²) >= 11 is 0. The van der Waals surface area contributed by atoms with Crippen LogP contribution in [0.3, 0.4) is 0 Å². The summed E-state index contributed by atoms with van der Waals surface area (Å²) in [6.45, 7) is 11.7. The fraction of sp³-hybridized carbons (Fsp3) is 1.00. The van der Waals surface area contributed by atoms with E-state index in [2.05, 4.69) is 45.0 Å². The topological polar surface area (TPSA) is 15.3 Å². The molecule has 2 nitrogen and oxygen atoms in total. The van der Waals surface area contributed by atoms with Crippen LogP contribution in [0.2, 0.25) is 0 Å². The first-order valence-corrected chi connectivity index (χ1v) is 8.48. The molecule has 3 atom stereocenters. The SMILES string of the molecule is CCC(C)N(C)CCNC1CCCC(C(C)C)CC1. The average molecular weight is 268 g/mol. The second-order valence-electron chi connectivity index (χ2n) is 6.90. The van der Waals surface area contributed by atoms with Gasteiger partial charge < -0.3 is 10.2 Å². The van der Waals surface area contributed by atoms with Gasteiger partial charge in [-0.1, -0.05) is 33.6 Å². The minimum atomic E-state index is 0.709. The van der Waals surface area contributed by atoms with Gasteiger partial charge >= 0.3 is 0 Å². The Bertz CT molecular complexity index is 227. The third kappa shape index (κ3) is 6.27. The average Bonchev–Trinajstić information content (AvgIpc) is 2.63. The number of likely N-dealkylation sites (N-methyl/N-ethyl adjacent to an activating group) is 1. The number of hydrogen-bond acceptors (Lipinski definition) is 2. The Balaban J connectivity index is 2.19. The summed E-state index contributed by atoms with van der Waals surface area (Å²) in [6.07, 6.45) is 8.31. The van der Waals surface area contributed by atoms with Crippen LogP contribution in [0.4, 0.5) is 0 Å². The maximum Gasteiger partial charge on any atom is 0.0107 e. The molecule has 1 aliphatic carbocycles. The molecule has 114 valence electrons. The lowest BCUT2D eigenvalue weighted by molar-refractivity contribution is 0.246. The second-order valence-corrected chi connectivity index (χ2v) is 6.90. The lowest BCUT2D eigenvalue weighted by atomic mass is 9.89. The van der Waals surface area contributed by atoms with Crippen LogP contribution in [0.5, 0.6) is 0 Å². The van der Waals surface area contributed by atoms with E-state index in [-0.39, 0.29) is 0 Å². The van der Waals surface area contributed by atoms with Crippen LogP contribution in [0.25, 0.3) is 0 Å². The first-order chi connectivity index (χ1) is 9.04. The van der Waals surface area contributed by atoms with Crippen molar-refractivity contribution in [1.82, 2.24) is 10.2 Å². The summed E-state index contributed by atoms with van der Waals surface area (Å²) < 4.78 is 0. The molecule has 1 fully saturated rings. The van der Waals surface area contributed by atoms with Crippen molar-refractivity contribution < 1.29 is 0 Å². The molecular weight excluding hydrogens is 232 g/mol. The highest BCUT2D eigenvalue weighted by molar-refractivity contribution is 4.77. The third-order valence-corrected chi connectivity index (χ3v) is 5.20. The minimum absolute atomic E-state index is 0.709. The van der Waals surface area contributed by atoms with E-state index in [0.717, 1.165) is 24.4 Å². The Morgan fingerprint density at radius 1 is 1.11 bits per heavy atom. The van der Waals surface area contributed by atoms with Crippen molar-refractivity contribution in [3.05, 3.63) is 0 Å². The normalized spacial score (nSPS) is 26.7. The van der Waals surface area contributed by atoms with E-state index in [1.807, 2.05) is 0 Å². The highest BCUT2D eigenvalue weighted by atomic mass is 15.1. The fourth-order valence-electron chi connectivity index (χ4n) is 3.18. The predicted octanol–water partition coefficient (Wildman–Crippen LogP) is 3.91. The molecule has 0 spiro atoms. The zero-order valence-corrected chi connectivity index (χ0v) is 13.9. The van der Waals surface area contributed by atoms with Crippen molar-refractivity contribution in [1.29, 1.82) is 0 Å². The van der Waals surface area contributed by atoms with Gasteiger partial charge in [-0.15, -0.1) is 0 Å². The molecule has 0 radical (unpaired) electrons. The summed E-state index contributed by atoms with van der Waals surface area (Å²) in [5.74, 6) is 1.84. The molecule has 0 saturated heterocycles. The minimum Gasteiger partial charge on any atom is -0.313 e. The molecule has 19 heavy (non-hydrogen) atoms. The van der Waals surface area contributed by atoms with Crippen LogP contribution in [0.15, 0.2) is 0 Å². The van der Waals surface area contributed by atoms with Gasteiger partial charge in [-0.05, 0) is 51.5 Å². The van der Waals surface area contributed by atoms with Crippen molar-refractivity contribution in [2.24, 2.45) is 11.8 Å². The van der Waals surface area contributed by atoms with Crippen molar-refractivity contribution >= 4 is 0 Å². The van der Waals surface area contributed by atoms with Crippen LogP contribution < -0.4 is 5.32 Å². The Kier molecular flexibility index (Phi) is 8.01. The van der Waals surface area contributed by atoms with Crippen molar-refractivity contribution in [3.8, 4) is 0 Å². The van der Waals surface area contributed by atoms with Crippen molar-refractivity contribution in [2.75, 3.05) is 20.1 Å². The maximum absolute atomic E-state index is 3.79. The van der Waals surface area contributed by atoms with Gasteiger partial charge in [-0.3, -0.25) is 0 Å². The second kappa shape index (κ2) is 8.97. The number of nitrogens with zero attached hydrogens (tertiary/aromatic N) is 1. The number of hydrogen-bond donors (Lipinski definition) is 1. The summed E-state index contributed by atoms with van der Waals surface area (Å²) in [7, 11) is 2.25. The van der Waals surface area contributed by atoms with Crippen molar-refractivity contribution in [3.63, 3.8) is 0 Å². The summed E-state index contributed by atoms with van der Waals surface area (Å²) in [4.78, 5) is 2.47.